The van der Waals surface area contributed by atoms with Crippen LogP contribution in [0.4, 0.5) is 5.69 Å². The minimum absolute atomic E-state index is 0.153. The smallest absolute Gasteiger partial charge is 0.262 e. The van der Waals surface area contributed by atoms with Crippen LogP contribution in [0.1, 0.15) is 15.9 Å². The molecule has 5 heteroatoms. The molecule has 0 atom stereocenters. The SMILES string of the molecule is Cc1ccc(OCC(=O)Nc2ccc(Br)cc2)c(C=O)c1. The van der Waals surface area contributed by atoms with E-state index >= 15 is 0 Å². The first-order valence-electron chi connectivity index (χ1n) is 6.32. The zero-order chi connectivity index (χ0) is 15.2. The zero-order valence-corrected chi connectivity index (χ0v) is 13.0. The molecule has 2 aromatic carbocycles. The summed E-state index contributed by atoms with van der Waals surface area (Å²) >= 11 is 3.32. The number of ether oxygens (including phenoxy) is 1. The van der Waals surface area contributed by atoms with Crippen molar-refractivity contribution in [2.24, 2.45) is 0 Å². The Morgan fingerprint density at radius 2 is 1.95 bits per heavy atom. The van der Waals surface area contributed by atoms with Gasteiger partial charge in [-0.3, -0.25) is 9.59 Å². The number of aryl methyl sites for hydroxylation is 1. The van der Waals surface area contributed by atoms with Crippen molar-refractivity contribution < 1.29 is 14.3 Å². The van der Waals surface area contributed by atoms with E-state index in [0.29, 0.717) is 17.0 Å². The van der Waals surface area contributed by atoms with Gasteiger partial charge in [0.2, 0.25) is 0 Å². The standard InChI is InChI=1S/C16H14BrNO3/c1-11-2-7-15(12(8-11)9-19)21-10-16(20)18-14-5-3-13(17)4-6-14/h2-9H,10H2,1H3,(H,18,20). The molecular weight excluding hydrogens is 334 g/mol. The van der Waals surface area contributed by atoms with Crippen molar-refractivity contribution in [1.82, 2.24) is 0 Å². The minimum Gasteiger partial charge on any atom is -0.483 e. The van der Waals surface area contributed by atoms with Gasteiger partial charge in [0.15, 0.2) is 12.9 Å². The van der Waals surface area contributed by atoms with Crippen molar-refractivity contribution >= 4 is 33.8 Å². The maximum atomic E-state index is 11.8. The van der Waals surface area contributed by atoms with Gasteiger partial charge in [-0.1, -0.05) is 27.6 Å². The van der Waals surface area contributed by atoms with E-state index in [2.05, 4.69) is 21.2 Å². The number of anilines is 1. The first-order chi connectivity index (χ1) is 10.1. The molecule has 0 unspecified atom stereocenters. The molecule has 0 radical (unpaired) electrons. The quantitative estimate of drug-likeness (QED) is 0.841. The lowest BCUT2D eigenvalue weighted by atomic mass is 10.1. The van der Waals surface area contributed by atoms with Gasteiger partial charge >= 0.3 is 0 Å². The molecular formula is C16H14BrNO3. The second-order valence-corrected chi connectivity index (χ2v) is 5.42. The fraction of sp³-hybridized carbons (Fsp3) is 0.125. The van der Waals surface area contributed by atoms with E-state index in [-0.39, 0.29) is 12.5 Å². The first-order valence-corrected chi connectivity index (χ1v) is 7.12. The Labute approximate surface area is 131 Å². The van der Waals surface area contributed by atoms with E-state index in [9.17, 15) is 9.59 Å². The van der Waals surface area contributed by atoms with E-state index < -0.39 is 0 Å². The summed E-state index contributed by atoms with van der Waals surface area (Å²) in [6, 6.07) is 12.5. The number of rotatable bonds is 5. The Hall–Kier alpha value is -2.14. The largest absolute Gasteiger partial charge is 0.483 e. The third kappa shape index (κ3) is 4.43. The van der Waals surface area contributed by atoms with E-state index in [4.69, 9.17) is 4.74 Å². The molecule has 1 amide bonds. The second-order valence-electron chi connectivity index (χ2n) is 4.50. The Bertz CT molecular complexity index is 653. The number of halogens is 1. The molecule has 2 rings (SSSR count). The summed E-state index contributed by atoms with van der Waals surface area (Å²) in [6.45, 7) is 1.73. The van der Waals surface area contributed by atoms with Crippen molar-refractivity contribution in [3.63, 3.8) is 0 Å². The van der Waals surface area contributed by atoms with Crippen molar-refractivity contribution in [1.29, 1.82) is 0 Å². The average Bonchev–Trinajstić information content (AvgIpc) is 2.48. The number of nitrogens with one attached hydrogen (secondary N) is 1. The van der Waals surface area contributed by atoms with Gasteiger partial charge in [-0.15, -0.1) is 0 Å². The molecule has 0 saturated heterocycles. The molecule has 0 aliphatic carbocycles. The first kappa shape index (κ1) is 15.3. The molecule has 2 aromatic rings. The molecule has 0 aliphatic heterocycles. The molecule has 108 valence electrons. The van der Waals surface area contributed by atoms with E-state index in [1.165, 1.54) is 0 Å². The predicted molar refractivity (Wildman–Crippen MR) is 84.8 cm³/mol. The van der Waals surface area contributed by atoms with Crippen LogP contribution in [0, 0.1) is 6.92 Å². The predicted octanol–water partition coefficient (Wildman–Crippen LogP) is 3.59. The Morgan fingerprint density at radius 3 is 2.62 bits per heavy atom. The number of amides is 1. The molecule has 1 N–H and O–H groups in total. The number of carbonyl (C=O) groups excluding carboxylic acids is 2. The minimum atomic E-state index is -0.283. The molecule has 0 bridgehead atoms. The molecule has 21 heavy (non-hydrogen) atoms. The second kappa shape index (κ2) is 7.04. The summed E-state index contributed by atoms with van der Waals surface area (Å²) in [5, 5.41) is 2.72. The third-order valence-corrected chi connectivity index (χ3v) is 3.31. The van der Waals surface area contributed by atoms with Crippen molar-refractivity contribution in [3.8, 4) is 5.75 Å². The zero-order valence-electron chi connectivity index (χ0n) is 11.4. The van der Waals surface area contributed by atoms with Gasteiger partial charge < -0.3 is 10.1 Å². The molecule has 0 spiro atoms. The summed E-state index contributed by atoms with van der Waals surface area (Å²) in [7, 11) is 0. The molecule has 0 heterocycles. The highest BCUT2D eigenvalue weighted by Crippen LogP contribution is 2.18. The Balaban J connectivity index is 1.95. The molecule has 4 nitrogen and oxygen atoms in total. The highest BCUT2D eigenvalue weighted by atomic mass is 79.9. The fourth-order valence-electron chi connectivity index (χ4n) is 1.77. The number of hydrogen-bond acceptors (Lipinski definition) is 3. The van der Waals surface area contributed by atoms with Crippen LogP contribution in [0.5, 0.6) is 5.75 Å². The Kier molecular flexibility index (Phi) is 5.11. The number of hydrogen-bond donors (Lipinski definition) is 1. The van der Waals surface area contributed by atoms with Gasteiger partial charge in [0.25, 0.3) is 5.91 Å². The highest BCUT2D eigenvalue weighted by Gasteiger charge is 2.07. The lowest BCUT2D eigenvalue weighted by Gasteiger charge is -2.09. The maximum absolute atomic E-state index is 11.8. The van der Waals surface area contributed by atoms with Crippen molar-refractivity contribution in [2.45, 2.75) is 6.92 Å². The van der Waals surface area contributed by atoms with E-state index in [1.807, 2.05) is 25.1 Å². The summed E-state index contributed by atoms with van der Waals surface area (Å²) < 4.78 is 6.33. The normalized spacial score (nSPS) is 10.0. The molecule has 0 fully saturated rings. The van der Waals surface area contributed by atoms with Crippen LogP contribution in [-0.4, -0.2) is 18.8 Å². The summed E-state index contributed by atoms with van der Waals surface area (Å²) in [5.74, 6) is 0.122. The molecule has 0 saturated carbocycles. The van der Waals surface area contributed by atoms with Crippen LogP contribution >= 0.6 is 15.9 Å². The lowest BCUT2D eigenvalue weighted by molar-refractivity contribution is -0.118. The number of carbonyl (C=O) groups is 2. The van der Waals surface area contributed by atoms with Gasteiger partial charge in [0.05, 0.1) is 5.56 Å². The Morgan fingerprint density at radius 1 is 1.24 bits per heavy atom. The average molecular weight is 348 g/mol. The lowest BCUT2D eigenvalue weighted by Crippen LogP contribution is -2.20. The fourth-order valence-corrected chi connectivity index (χ4v) is 2.03. The van der Waals surface area contributed by atoms with Gasteiger partial charge in [-0.25, -0.2) is 0 Å². The van der Waals surface area contributed by atoms with Crippen LogP contribution in [0.2, 0.25) is 0 Å². The van der Waals surface area contributed by atoms with Crippen LogP contribution < -0.4 is 10.1 Å². The molecule has 0 aliphatic rings. The van der Waals surface area contributed by atoms with E-state index in [0.717, 1.165) is 16.3 Å². The summed E-state index contributed by atoms with van der Waals surface area (Å²) in [5.41, 5.74) is 2.08. The van der Waals surface area contributed by atoms with Gasteiger partial charge in [-0.05, 0) is 43.3 Å². The van der Waals surface area contributed by atoms with Crippen LogP contribution in [-0.2, 0) is 4.79 Å². The topological polar surface area (TPSA) is 55.4 Å². The number of aldehydes is 1. The van der Waals surface area contributed by atoms with Crippen molar-refractivity contribution in [2.75, 3.05) is 11.9 Å². The highest BCUT2D eigenvalue weighted by molar-refractivity contribution is 9.10. The third-order valence-electron chi connectivity index (χ3n) is 2.78. The molecule has 0 aromatic heterocycles. The monoisotopic (exact) mass is 347 g/mol. The summed E-state index contributed by atoms with van der Waals surface area (Å²) in [4.78, 5) is 22.8. The van der Waals surface area contributed by atoms with Gasteiger partial charge in [0.1, 0.15) is 5.75 Å². The van der Waals surface area contributed by atoms with Gasteiger partial charge in [-0.2, -0.15) is 0 Å². The van der Waals surface area contributed by atoms with Gasteiger partial charge in [0, 0.05) is 10.2 Å². The van der Waals surface area contributed by atoms with E-state index in [1.54, 1.807) is 24.3 Å². The van der Waals surface area contributed by atoms with Crippen LogP contribution in [0.15, 0.2) is 46.9 Å². The van der Waals surface area contributed by atoms with Crippen molar-refractivity contribution in [3.05, 3.63) is 58.1 Å². The summed E-state index contributed by atoms with van der Waals surface area (Å²) in [6.07, 6.45) is 0.717. The van der Waals surface area contributed by atoms with Crippen LogP contribution in [0.25, 0.3) is 0 Å². The maximum Gasteiger partial charge on any atom is 0.262 e. The number of benzene rings is 2. The van der Waals surface area contributed by atoms with Crippen LogP contribution in [0.3, 0.4) is 0 Å².